The Kier molecular flexibility index (Phi) is 12.0. The van der Waals surface area contributed by atoms with Crippen molar-refractivity contribution in [3.63, 3.8) is 0 Å². The summed E-state index contributed by atoms with van der Waals surface area (Å²) in [6.07, 6.45) is -0.184. The van der Waals surface area contributed by atoms with Crippen LogP contribution in [0.15, 0.2) is 66.9 Å². The van der Waals surface area contributed by atoms with Crippen LogP contribution in [-0.2, 0) is 40.8 Å². The Morgan fingerprint density at radius 2 is 1.75 bits per heavy atom. The number of urea groups is 1. The number of carbonyl (C=O) groups excluding carboxylic acids is 3. The Bertz CT molecular complexity index is 1670. The van der Waals surface area contributed by atoms with E-state index in [4.69, 9.17) is 4.79 Å². The molecule has 256 valence electrons. The number of nitrogens with one attached hydrogen (secondary N) is 4. The number of halogens is 3. The van der Waals surface area contributed by atoms with E-state index in [-0.39, 0.29) is 18.0 Å². The number of hydrogen-bond donors (Lipinski definition) is 4. The van der Waals surface area contributed by atoms with E-state index in [1.807, 2.05) is 63.2 Å². The standard InChI is InChI=1S/C34H40F3N7O2.CH2O/c1-38-31-7-5-4-6-29(31)33(39-2)14-16-44(17-15-33)32(46)41-26(22-45)18-24-10-13-30-27(19-40-42-30)28(24)21-43(3)20-23-8-11-25(12-9-23)34(35,36)37;1-2/h4-13,19,22,26,38-39H,14-18,20-21H2,1-3H3,(H,40,42)(H,41,46);1H2/t26-;/m1./s1. The maximum Gasteiger partial charge on any atom is 0.416 e. The van der Waals surface area contributed by atoms with Crippen LogP contribution in [-0.4, -0.2) is 79.4 Å². The van der Waals surface area contributed by atoms with Crippen LogP contribution in [0, 0.1) is 0 Å². The number of alkyl halides is 3. The molecule has 5 rings (SSSR count). The number of nitrogens with zero attached hydrogens (tertiary/aromatic N) is 3. The third-order valence-corrected chi connectivity index (χ3v) is 9.00. The molecule has 1 fully saturated rings. The van der Waals surface area contributed by atoms with Gasteiger partial charge in [0.2, 0.25) is 0 Å². The topological polar surface area (TPSA) is 122 Å². The lowest BCUT2D eigenvalue weighted by molar-refractivity contribution is -0.137. The number of aromatic amines is 1. The van der Waals surface area contributed by atoms with Gasteiger partial charge in [0, 0.05) is 49.8 Å². The average Bonchev–Trinajstić information content (AvgIpc) is 3.59. The van der Waals surface area contributed by atoms with Crippen molar-refractivity contribution in [2.24, 2.45) is 0 Å². The molecule has 0 radical (unpaired) electrons. The molecule has 4 N–H and O–H groups in total. The van der Waals surface area contributed by atoms with Crippen molar-refractivity contribution < 1.29 is 27.6 Å². The first-order valence-electron chi connectivity index (χ1n) is 15.6. The molecule has 0 bridgehead atoms. The Morgan fingerprint density at radius 3 is 2.38 bits per heavy atom. The van der Waals surface area contributed by atoms with Crippen LogP contribution in [0.25, 0.3) is 10.9 Å². The minimum absolute atomic E-state index is 0.276. The van der Waals surface area contributed by atoms with Crippen LogP contribution in [0.5, 0.6) is 0 Å². The lowest BCUT2D eigenvalue weighted by atomic mass is 9.80. The number of anilines is 1. The normalized spacial score (nSPS) is 15.0. The van der Waals surface area contributed by atoms with Gasteiger partial charge in [-0.2, -0.15) is 18.3 Å². The number of amides is 2. The highest BCUT2D eigenvalue weighted by Crippen LogP contribution is 2.37. The van der Waals surface area contributed by atoms with Gasteiger partial charge < -0.3 is 30.4 Å². The van der Waals surface area contributed by atoms with Crippen molar-refractivity contribution in [3.05, 3.63) is 94.7 Å². The number of fused-ring (bicyclic) bond motifs is 1. The summed E-state index contributed by atoms with van der Waals surface area (Å²) in [5.74, 6) is 0. The molecule has 0 spiro atoms. The predicted octanol–water partition coefficient (Wildman–Crippen LogP) is 5.10. The Labute approximate surface area is 278 Å². The van der Waals surface area contributed by atoms with E-state index < -0.39 is 17.8 Å². The molecule has 1 atom stereocenters. The third kappa shape index (κ3) is 8.20. The van der Waals surface area contributed by atoms with Crippen LogP contribution < -0.4 is 16.0 Å². The second-order valence-electron chi connectivity index (χ2n) is 11.9. The summed E-state index contributed by atoms with van der Waals surface area (Å²) in [7, 11) is 5.73. The summed E-state index contributed by atoms with van der Waals surface area (Å²) in [6.45, 7) is 3.93. The van der Waals surface area contributed by atoms with Crippen molar-refractivity contribution in [1.29, 1.82) is 0 Å². The number of hydrogen-bond acceptors (Lipinski definition) is 7. The van der Waals surface area contributed by atoms with Gasteiger partial charge in [0.05, 0.1) is 23.3 Å². The van der Waals surface area contributed by atoms with Gasteiger partial charge in [0.25, 0.3) is 0 Å². The van der Waals surface area contributed by atoms with Gasteiger partial charge in [-0.05, 0) is 79.9 Å². The van der Waals surface area contributed by atoms with E-state index in [0.29, 0.717) is 39.0 Å². The van der Waals surface area contributed by atoms with Crippen molar-refractivity contribution >= 4 is 35.7 Å². The van der Waals surface area contributed by atoms with Gasteiger partial charge in [-0.3, -0.25) is 10.00 Å². The molecule has 0 unspecified atom stereocenters. The van der Waals surface area contributed by atoms with Crippen LogP contribution in [0.4, 0.5) is 23.7 Å². The molecule has 1 aromatic heterocycles. The van der Waals surface area contributed by atoms with Crippen LogP contribution in [0.3, 0.4) is 0 Å². The van der Waals surface area contributed by atoms with E-state index in [9.17, 15) is 22.8 Å². The van der Waals surface area contributed by atoms with Crippen molar-refractivity contribution in [1.82, 2.24) is 30.6 Å². The van der Waals surface area contributed by atoms with Gasteiger partial charge in [0.15, 0.2) is 0 Å². The van der Waals surface area contributed by atoms with E-state index in [0.717, 1.165) is 57.3 Å². The molecule has 48 heavy (non-hydrogen) atoms. The van der Waals surface area contributed by atoms with Gasteiger partial charge in [0.1, 0.15) is 13.1 Å². The molecule has 2 heterocycles. The fourth-order valence-electron chi connectivity index (χ4n) is 6.42. The van der Waals surface area contributed by atoms with E-state index in [1.54, 1.807) is 11.1 Å². The van der Waals surface area contributed by atoms with Crippen molar-refractivity contribution in [3.8, 4) is 0 Å². The molecule has 13 heteroatoms. The zero-order valence-corrected chi connectivity index (χ0v) is 27.4. The van der Waals surface area contributed by atoms with E-state index in [2.05, 4.69) is 32.2 Å². The first-order chi connectivity index (χ1) is 23.1. The minimum Gasteiger partial charge on any atom is -0.388 e. The first kappa shape index (κ1) is 36.1. The van der Waals surface area contributed by atoms with Gasteiger partial charge in [-0.15, -0.1) is 0 Å². The lowest BCUT2D eigenvalue weighted by Gasteiger charge is -2.43. The third-order valence-electron chi connectivity index (χ3n) is 9.00. The van der Waals surface area contributed by atoms with Crippen molar-refractivity contribution in [2.45, 2.75) is 50.1 Å². The number of benzene rings is 3. The second-order valence-corrected chi connectivity index (χ2v) is 11.9. The number of rotatable bonds is 11. The summed E-state index contributed by atoms with van der Waals surface area (Å²) in [6, 6.07) is 16.1. The highest BCUT2D eigenvalue weighted by Gasteiger charge is 2.38. The number of piperidine rings is 1. The molecular weight excluding hydrogens is 623 g/mol. The van der Waals surface area contributed by atoms with E-state index >= 15 is 0 Å². The smallest absolute Gasteiger partial charge is 0.388 e. The molecule has 1 saturated heterocycles. The first-order valence-corrected chi connectivity index (χ1v) is 15.6. The highest BCUT2D eigenvalue weighted by molar-refractivity contribution is 5.83. The number of para-hydroxylation sites is 1. The number of likely N-dealkylation sites (tertiary alicyclic amines) is 1. The van der Waals surface area contributed by atoms with Gasteiger partial charge in [-0.1, -0.05) is 36.4 Å². The van der Waals surface area contributed by atoms with E-state index in [1.165, 1.54) is 12.1 Å². The zero-order valence-electron chi connectivity index (χ0n) is 27.4. The van der Waals surface area contributed by atoms with Gasteiger partial charge in [-0.25, -0.2) is 4.79 Å². The molecule has 0 aliphatic carbocycles. The molecule has 1 aliphatic rings. The summed E-state index contributed by atoms with van der Waals surface area (Å²) < 4.78 is 39.0. The maximum atomic E-state index is 13.4. The maximum absolute atomic E-state index is 13.4. The Balaban J connectivity index is 0.00000255. The molecule has 4 aromatic rings. The van der Waals surface area contributed by atoms with Crippen LogP contribution in [0.1, 0.15) is 40.7 Å². The quantitative estimate of drug-likeness (QED) is 0.165. The Morgan fingerprint density at radius 1 is 1.06 bits per heavy atom. The largest absolute Gasteiger partial charge is 0.416 e. The predicted molar refractivity (Wildman–Crippen MR) is 179 cm³/mol. The van der Waals surface area contributed by atoms with Crippen LogP contribution in [0.2, 0.25) is 0 Å². The SMILES string of the molecule is C=O.CNc1ccccc1C1(NC)CCN(C(=O)N[C@@H](C=O)Cc2ccc3[nH]ncc3c2CN(C)Cc2ccc(C(F)(F)F)cc2)CC1. The average molecular weight is 666 g/mol. The number of carbonyl (C=O) groups is 3. The second kappa shape index (κ2) is 15.9. The number of H-pyrrole nitrogens is 1. The van der Waals surface area contributed by atoms with Crippen LogP contribution >= 0.6 is 0 Å². The fourth-order valence-corrected chi connectivity index (χ4v) is 6.42. The molecular formula is C35H42F3N7O3. The monoisotopic (exact) mass is 665 g/mol. The molecule has 2 amide bonds. The summed E-state index contributed by atoms with van der Waals surface area (Å²) >= 11 is 0. The molecule has 10 nitrogen and oxygen atoms in total. The minimum atomic E-state index is -4.38. The highest BCUT2D eigenvalue weighted by atomic mass is 19.4. The summed E-state index contributed by atoms with van der Waals surface area (Å²) in [5, 5.41) is 17.7. The Hall–Kier alpha value is -4.75. The number of aldehydes is 1. The lowest BCUT2D eigenvalue weighted by Crippen LogP contribution is -2.55. The fraction of sp³-hybridized carbons (Fsp3) is 0.371. The van der Waals surface area contributed by atoms with Crippen molar-refractivity contribution in [2.75, 3.05) is 39.5 Å². The molecule has 0 saturated carbocycles. The molecule has 1 aliphatic heterocycles. The zero-order chi connectivity index (χ0) is 34.9. The van der Waals surface area contributed by atoms with Gasteiger partial charge >= 0.3 is 12.2 Å². The summed E-state index contributed by atoms with van der Waals surface area (Å²) in [5.41, 5.74) is 4.63. The molecule has 3 aromatic carbocycles. The summed E-state index contributed by atoms with van der Waals surface area (Å²) in [4.78, 5) is 37.4. The number of aromatic nitrogens is 2.